The highest BCUT2D eigenvalue weighted by Gasteiger charge is 2.40. The van der Waals surface area contributed by atoms with Gasteiger partial charge >= 0.3 is 6.09 Å². The van der Waals surface area contributed by atoms with Crippen molar-refractivity contribution >= 4 is 6.09 Å². The van der Waals surface area contributed by atoms with E-state index >= 15 is 0 Å². The number of rotatable bonds is 4. The Morgan fingerprint density at radius 3 is 2.55 bits per heavy atom. The third kappa shape index (κ3) is 4.09. The van der Waals surface area contributed by atoms with Crippen molar-refractivity contribution in [3.8, 4) is 0 Å². The number of nitrogens with one attached hydrogen (secondary N) is 2. The van der Waals surface area contributed by atoms with Crippen LogP contribution in [0.2, 0.25) is 0 Å². The third-order valence-electron chi connectivity index (χ3n) is 4.16. The van der Waals surface area contributed by atoms with Crippen LogP contribution in [0.5, 0.6) is 0 Å². The van der Waals surface area contributed by atoms with Gasteiger partial charge in [-0.05, 0) is 53.4 Å². The molecule has 2 unspecified atom stereocenters. The third-order valence-corrected chi connectivity index (χ3v) is 4.16. The summed E-state index contributed by atoms with van der Waals surface area (Å²) in [4.78, 5) is 11.9. The van der Waals surface area contributed by atoms with Gasteiger partial charge in [0.15, 0.2) is 0 Å². The quantitative estimate of drug-likeness (QED) is 0.831. The van der Waals surface area contributed by atoms with E-state index in [-0.39, 0.29) is 17.7 Å². The van der Waals surface area contributed by atoms with E-state index in [9.17, 15) is 4.79 Å². The molecule has 2 rings (SSSR count). The molecule has 1 saturated heterocycles. The summed E-state index contributed by atoms with van der Waals surface area (Å²) >= 11 is 0. The lowest BCUT2D eigenvalue weighted by Crippen LogP contribution is -2.61. The lowest BCUT2D eigenvalue weighted by Gasteiger charge is -2.43. The van der Waals surface area contributed by atoms with Crippen LogP contribution in [-0.4, -0.2) is 42.5 Å². The van der Waals surface area contributed by atoms with E-state index in [0.29, 0.717) is 6.04 Å². The summed E-state index contributed by atoms with van der Waals surface area (Å²) < 4.78 is 10.9. The molecule has 5 heteroatoms. The second-order valence-corrected chi connectivity index (χ2v) is 7.11. The Morgan fingerprint density at radius 1 is 1.40 bits per heavy atom. The van der Waals surface area contributed by atoms with Gasteiger partial charge in [0.2, 0.25) is 0 Å². The van der Waals surface area contributed by atoms with Crippen LogP contribution in [-0.2, 0) is 9.47 Å². The lowest BCUT2D eigenvalue weighted by atomic mass is 9.76. The molecular formula is C15H28N2O3. The minimum Gasteiger partial charge on any atom is -0.444 e. The zero-order valence-corrected chi connectivity index (χ0v) is 13.1. The number of carbonyl (C=O) groups excluding carboxylic acids is 1. The first kappa shape index (κ1) is 15.6. The Labute approximate surface area is 121 Å². The fourth-order valence-electron chi connectivity index (χ4n) is 2.80. The maximum atomic E-state index is 11.9. The predicted octanol–water partition coefficient (Wildman–Crippen LogP) is 2.20. The minimum atomic E-state index is -0.448. The van der Waals surface area contributed by atoms with E-state index in [2.05, 4.69) is 17.6 Å². The molecule has 0 aromatic heterocycles. The van der Waals surface area contributed by atoms with E-state index in [1.54, 1.807) is 0 Å². The van der Waals surface area contributed by atoms with Crippen LogP contribution in [0.3, 0.4) is 0 Å². The first-order valence-electron chi connectivity index (χ1n) is 7.66. The summed E-state index contributed by atoms with van der Waals surface area (Å²) in [5.74, 6) is 0. The number of hydrogen-bond donors (Lipinski definition) is 2. The molecule has 0 spiro atoms. The molecule has 1 saturated carbocycles. The first-order chi connectivity index (χ1) is 9.30. The standard InChI is InChI=1S/C15H28N2O3/c1-11-12(6-9-19-11)16-10-15(7-5-8-15)17-13(18)20-14(2,3)4/h11-12,16H,5-10H2,1-4H3,(H,17,18). The fraction of sp³-hybridized carbons (Fsp3) is 0.933. The summed E-state index contributed by atoms with van der Waals surface area (Å²) in [6, 6.07) is 0.396. The van der Waals surface area contributed by atoms with Crippen LogP contribution in [0, 0.1) is 0 Å². The Morgan fingerprint density at radius 2 is 2.10 bits per heavy atom. The van der Waals surface area contributed by atoms with Crippen LogP contribution in [0.1, 0.15) is 53.4 Å². The molecule has 5 nitrogen and oxygen atoms in total. The van der Waals surface area contributed by atoms with Gasteiger partial charge < -0.3 is 20.1 Å². The minimum absolute atomic E-state index is 0.134. The molecule has 0 aromatic rings. The summed E-state index contributed by atoms with van der Waals surface area (Å²) in [6.45, 7) is 9.37. The Kier molecular flexibility index (Phi) is 4.59. The molecule has 1 aliphatic heterocycles. The normalized spacial score (nSPS) is 28.8. The van der Waals surface area contributed by atoms with Crippen LogP contribution >= 0.6 is 0 Å². The average Bonchev–Trinajstić information content (AvgIpc) is 2.65. The molecule has 2 aliphatic rings. The van der Waals surface area contributed by atoms with Crippen molar-refractivity contribution in [1.82, 2.24) is 10.6 Å². The van der Waals surface area contributed by atoms with Gasteiger partial charge in [-0.3, -0.25) is 0 Å². The maximum absolute atomic E-state index is 11.9. The largest absolute Gasteiger partial charge is 0.444 e. The molecule has 0 aromatic carbocycles. The Balaban J connectivity index is 1.81. The van der Waals surface area contributed by atoms with Crippen LogP contribution in [0.25, 0.3) is 0 Å². The number of amides is 1. The van der Waals surface area contributed by atoms with Crippen molar-refractivity contribution < 1.29 is 14.3 Å². The van der Waals surface area contributed by atoms with Gasteiger partial charge in [-0.15, -0.1) is 0 Å². The van der Waals surface area contributed by atoms with Crippen molar-refractivity contribution in [2.75, 3.05) is 13.2 Å². The number of hydrogen-bond acceptors (Lipinski definition) is 4. The molecule has 1 aliphatic carbocycles. The molecule has 0 radical (unpaired) electrons. The highest BCUT2D eigenvalue weighted by Crippen LogP contribution is 2.32. The molecule has 20 heavy (non-hydrogen) atoms. The van der Waals surface area contributed by atoms with E-state index in [0.717, 1.165) is 38.8 Å². The SMILES string of the molecule is CC1OCCC1NCC1(NC(=O)OC(C)(C)C)CCC1. The molecule has 1 heterocycles. The lowest BCUT2D eigenvalue weighted by molar-refractivity contribution is 0.0373. The van der Waals surface area contributed by atoms with Crippen molar-refractivity contribution in [2.45, 2.75) is 76.7 Å². The number of alkyl carbamates (subject to hydrolysis) is 1. The van der Waals surface area contributed by atoms with Gasteiger partial charge in [-0.25, -0.2) is 4.79 Å². The van der Waals surface area contributed by atoms with E-state index in [1.807, 2.05) is 20.8 Å². The molecule has 0 bridgehead atoms. The summed E-state index contributed by atoms with van der Waals surface area (Å²) in [5.41, 5.74) is -0.582. The predicted molar refractivity (Wildman–Crippen MR) is 77.8 cm³/mol. The summed E-state index contributed by atoms with van der Waals surface area (Å²) in [6.07, 6.45) is 4.18. The second-order valence-electron chi connectivity index (χ2n) is 7.11. The Hall–Kier alpha value is -0.810. The zero-order valence-electron chi connectivity index (χ0n) is 13.1. The highest BCUT2D eigenvalue weighted by molar-refractivity contribution is 5.69. The van der Waals surface area contributed by atoms with Gasteiger partial charge in [0.25, 0.3) is 0 Å². The first-order valence-corrected chi connectivity index (χ1v) is 7.66. The van der Waals surface area contributed by atoms with Crippen molar-refractivity contribution in [3.63, 3.8) is 0 Å². The Bertz CT molecular complexity index is 348. The molecule has 2 fully saturated rings. The number of carbonyl (C=O) groups is 1. The molecule has 2 atom stereocenters. The maximum Gasteiger partial charge on any atom is 0.408 e. The van der Waals surface area contributed by atoms with Crippen LogP contribution < -0.4 is 10.6 Å². The van der Waals surface area contributed by atoms with Crippen molar-refractivity contribution in [2.24, 2.45) is 0 Å². The van der Waals surface area contributed by atoms with Crippen molar-refractivity contribution in [3.05, 3.63) is 0 Å². The van der Waals surface area contributed by atoms with Gasteiger partial charge in [0, 0.05) is 19.2 Å². The van der Waals surface area contributed by atoms with E-state index < -0.39 is 5.60 Å². The summed E-state index contributed by atoms with van der Waals surface area (Å²) in [5, 5.41) is 6.61. The van der Waals surface area contributed by atoms with Crippen molar-refractivity contribution in [1.29, 1.82) is 0 Å². The van der Waals surface area contributed by atoms with Gasteiger partial charge in [0.1, 0.15) is 5.60 Å². The highest BCUT2D eigenvalue weighted by atomic mass is 16.6. The molecule has 2 N–H and O–H groups in total. The van der Waals surface area contributed by atoms with Gasteiger partial charge in [-0.1, -0.05) is 0 Å². The molecule has 1 amide bonds. The van der Waals surface area contributed by atoms with E-state index in [4.69, 9.17) is 9.47 Å². The van der Waals surface area contributed by atoms with Gasteiger partial charge in [-0.2, -0.15) is 0 Å². The molecular weight excluding hydrogens is 256 g/mol. The topological polar surface area (TPSA) is 59.6 Å². The number of ether oxygens (including phenoxy) is 2. The van der Waals surface area contributed by atoms with E-state index in [1.165, 1.54) is 0 Å². The molecule has 116 valence electrons. The van der Waals surface area contributed by atoms with Gasteiger partial charge in [0.05, 0.1) is 11.6 Å². The monoisotopic (exact) mass is 284 g/mol. The van der Waals surface area contributed by atoms with Crippen LogP contribution in [0.4, 0.5) is 4.79 Å². The second kappa shape index (κ2) is 5.90. The summed E-state index contributed by atoms with van der Waals surface area (Å²) in [7, 11) is 0. The smallest absolute Gasteiger partial charge is 0.408 e. The fourth-order valence-corrected chi connectivity index (χ4v) is 2.80. The average molecular weight is 284 g/mol. The zero-order chi connectivity index (χ0) is 14.8. The van der Waals surface area contributed by atoms with Crippen LogP contribution in [0.15, 0.2) is 0 Å².